The average Bonchev–Trinajstić information content (AvgIpc) is 3.26. The summed E-state index contributed by atoms with van der Waals surface area (Å²) in [5.41, 5.74) is 2.96. The maximum absolute atomic E-state index is 15.4. The number of ether oxygens (including phenoxy) is 2. The number of benzene rings is 3. The van der Waals surface area contributed by atoms with Crippen molar-refractivity contribution in [2.75, 3.05) is 26.4 Å². The van der Waals surface area contributed by atoms with Crippen molar-refractivity contribution in [1.29, 1.82) is 0 Å². The molecule has 0 amide bonds. The highest BCUT2D eigenvalue weighted by atomic mass is 32.2. The van der Waals surface area contributed by atoms with Gasteiger partial charge in [0.2, 0.25) is 15.8 Å². The minimum absolute atomic E-state index is 0.0127. The fourth-order valence-electron chi connectivity index (χ4n) is 9.61. The lowest BCUT2D eigenvalue weighted by Gasteiger charge is -2.59. The number of sulfonamides is 1. The fraction of sp³-hybridized carbons (Fsp3) is 0.435. The molecule has 3 aromatic carbocycles. The van der Waals surface area contributed by atoms with Gasteiger partial charge in [-0.15, -0.1) is 6.58 Å². The van der Waals surface area contributed by atoms with E-state index >= 15 is 8.42 Å². The van der Waals surface area contributed by atoms with Gasteiger partial charge in [-0.25, -0.2) is 8.42 Å². The largest absolute Gasteiger partial charge is 0.508 e. The van der Waals surface area contributed by atoms with Gasteiger partial charge in [0.1, 0.15) is 23.0 Å². The molecule has 14 nitrogen and oxygen atoms in total. The van der Waals surface area contributed by atoms with Gasteiger partial charge in [0.15, 0.2) is 0 Å². The SMILES string of the molecule is C=CCOC12Oc3ccc(O)cc3C3C(CCCCO)C(CCCCO)C=C(C(=NOCc4ccc([N+](=O)[O-])cc4)CC1N(CCC)S(=O)(=O)c1cccc4cccnc14)C32. The zero-order valence-electron chi connectivity index (χ0n) is 34.3. The Morgan fingerprint density at radius 3 is 2.52 bits per heavy atom. The summed E-state index contributed by atoms with van der Waals surface area (Å²) in [5, 5.41) is 47.5. The van der Waals surface area contributed by atoms with Crippen molar-refractivity contribution < 1.29 is 43.0 Å². The van der Waals surface area contributed by atoms with E-state index in [4.69, 9.17) is 19.5 Å². The molecule has 6 unspecified atom stereocenters. The Balaban J connectivity index is 1.46. The maximum Gasteiger partial charge on any atom is 0.269 e. The van der Waals surface area contributed by atoms with E-state index in [0.717, 1.165) is 24.0 Å². The molecular weight excluding hydrogens is 801 g/mol. The molecule has 7 rings (SSSR count). The monoisotopic (exact) mass is 854 g/mol. The first-order chi connectivity index (χ1) is 29.6. The number of nitro benzene ring substituents is 1. The van der Waals surface area contributed by atoms with E-state index in [0.29, 0.717) is 60.0 Å². The minimum atomic E-state index is -4.34. The Hall–Kier alpha value is -5.19. The zero-order chi connectivity index (χ0) is 43.1. The number of hydrogen-bond donors (Lipinski definition) is 3. The molecule has 0 saturated heterocycles. The third-order valence-electron chi connectivity index (χ3n) is 12.2. The highest BCUT2D eigenvalue weighted by Crippen LogP contribution is 2.62. The van der Waals surface area contributed by atoms with Crippen molar-refractivity contribution in [2.45, 2.75) is 87.5 Å². The van der Waals surface area contributed by atoms with Crippen molar-refractivity contribution in [1.82, 2.24) is 9.29 Å². The summed E-state index contributed by atoms with van der Waals surface area (Å²) in [7, 11) is -4.34. The number of nitro groups is 1. The first kappa shape index (κ1) is 43.9. The van der Waals surface area contributed by atoms with Gasteiger partial charge in [-0.2, -0.15) is 4.31 Å². The summed E-state index contributed by atoms with van der Waals surface area (Å²) < 4.78 is 46.5. The van der Waals surface area contributed by atoms with Gasteiger partial charge in [-0.3, -0.25) is 15.1 Å². The topological polar surface area (TPSA) is 194 Å². The summed E-state index contributed by atoms with van der Waals surface area (Å²) in [5.74, 6) is -2.30. The van der Waals surface area contributed by atoms with Crippen LogP contribution in [-0.2, 0) is 26.2 Å². The lowest BCUT2D eigenvalue weighted by Crippen LogP contribution is -2.70. The van der Waals surface area contributed by atoms with E-state index in [1.54, 1.807) is 60.8 Å². The van der Waals surface area contributed by atoms with Crippen molar-refractivity contribution in [3.05, 3.63) is 125 Å². The van der Waals surface area contributed by atoms with Crippen LogP contribution in [0.5, 0.6) is 11.5 Å². The van der Waals surface area contributed by atoms with E-state index in [1.165, 1.54) is 16.4 Å². The van der Waals surface area contributed by atoms with Gasteiger partial charge in [0.25, 0.3) is 5.69 Å². The number of pyridine rings is 1. The first-order valence-corrected chi connectivity index (χ1v) is 22.5. The number of unbranched alkanes of at least 4 members (excludes halogenated alkanes) is 2. The number of aliphatic hydroxyl groups excluding tert-OH is 2. The van der Waals surface area contributed by atoms with E-state index < -0.39 is 32.7 Å². The number of fused-ring (bicyclic) bond motifs is 3. The number of oxime groups is 1. The number of nitrogens with zero attached hydrogens (tertiary/aromatic N) is 4. The molecule has 2 aliphatic carbocycles. The van der Waals surface area contributed by atoms with Gasteiger partial charge < -0.3 is 29.6 Å². The number of allylic oxidation sites excluding steroid dienone is 1. The predicted octanol–water partition coefficient (Wildman–Crippen LogP) is 7.78. The predicted molar refractivity (Wildman–Crippen MR) is 230 cm³/mol. The second-order valence-electron chi connectivity index (χ2n) is 15.9. The van der Waals surface area contributed by atoms with Crippen LogP contribution in [-0.4, -0.2) is 81.9 Å². The molecule has 0 radical (unpaired) electrons. The second kappa shape index (κ2) is 19.2. The Morgan fingerprint density at radius 1 is 1.05 bits per heavy atom. The molecule has 3 aliphatic rings. The molecule has 0 spiro atoms. The molecule has 2 heterocycles. The van der Waals surface area contributed by atoms with Crippen molar-refractivity contribution in [2.24, 2.45) is 22.9 Å². The number of aromatic nitrogens is 1. The number of rotatable bonds is 20. The average molecular weight is 855 g/mol. The molecule has 1 saturated carbocycles. The molecule has 1 fully saturated rings. The summed E-state index contributed by atoms with van der Waals surface area (Å²) in [6.45, 7) is 6.06. The lowest BCUT2D eigenvalue weighted by atomic mass is 9.55. The van der Waals surface area contributed by atoms with Crippen LogP contribution >= 0.6 is 0 Å². The minimum Gasteiger partial charge on any atom is -0.508 e. The molecule has 324 valence electrons. The number of aliphatic hydroxyl groups is 2. The summed E-state index contributed by atoms with van der Waals surface area (Å²) in [6, 6.07) is 18.7. The van der Waals surface area contributed by atoms with Crippen LogP contribution in [0.25, 0.3) is 10.9 Å². The van der Waals surface area contributed by atoms with Gasteiger partial charge in [-0.1, -0.05) is 55.3 Å². The number of non-ortho nitro benzene ring substituents is 1. The van der Waals surface area contributed by atoms with Gasteiger partial charge in [0.05, 0.1) is 34.7 Å². The van der Waals surface area contributed by atoms with Crippen LogP contribution in [0.15, 0.2) is 113 Å². The first-order valence-electron chi connectivity index (χ1n) is 21.1. The van der Waals surface area contributed by atoms with Crippen LogP contribution in [0.3, 0.4) is 0 Å². The van der Waals surface area contributed by atoms with E-state index in [9.17, 15) is 25.4 Å². The molecule has 15 heteroatoms. The van der Waals surface area contributed by atoms with E-state index in [2.05, 4.69) is 17.6 Å². The standard InChI is InChI=1S/C46H54N4O10S/c1-3-23-49(61(56,57)41-15-9-12-32-13-10-22-47-45(32)41)42-29-39(48-59-30-31-16-18-34(19-17-31)50(54)55)37-27-33(11-5-7-24-51)36(14-6-8-25-52)43-38-28-35(53)20-21-40(38)60-46(42,44(37)43)58-26-4-2/h4,9-10,12-13,15-22,27-28,33,36,42-44,51-53H,2-3,5-8,11,14,23-26,29-30H2,1H3. The van der Waals surface area contributed by atoms with Crippen LogP contribution in [0.4, 0.5) is 5.69 Å². The molecule has 1 aliphatic heterocycles. The summed E-state index contributed by atoms with van der Waals surface area (Å²) in [6.07, 6.45) is 9.95. The maximum atomic E-state index is 15.4. The number of hydrogen-bond acceptors (Lipinski definition) is 12. The Labute approximate surface area is 356 Å². The van der Waals surface area contributed by atoms with Crippen molar-refractivity contribution in [3.63, 3.8) is 0 Å². The lowest BCUT2D eigenvalue weighted by molar-refractivity contribution is -0.384. The van der Waals surface area contributed by atoms with E-state index in [-0.39, 0.29) is 73.5 Å². The number of aromatic hydroxyl groups is 1. The fourth-order valence-corrected chi connectivity index (χ4v) is 11.5. The second-order valence-corrected chi connectivity index (χ2v) is 17.8. The van der Waals surface area contributed by atoms with Crippen LogP contribution < -0.4 is 4.74 Å². The quantitative estimate of drug-likeness (QED) is 0.0340. The normalized spacial score (nSPS) is 23.8. The molecule has 4 aromatic rings. The molecule has 61 heavy (non-hydrogen) atoms. The molecule has 0 bridgehead atoms. The Morgan fingerprint density at radius 2 is 1.80 bits per heavy atom. The van der Waals surface area contributed by atoms with E-state index in [1.807, 2.05) is 19.1 Å². The van der Waals surface area contributed by atoms with Gasteiger partial charge in [-0.05, 0) is 97.5 Å². The summed E-state index contributed by atoms with van der Waals surface area (Å²) in [4.78, 5) is 21.5. The summed E-state index contributed by atoms with van der Waals surface area (Å²) >= 11 is 0. The van der Waals surface area contributed by atoms with Crippen LogP contribution in [0, 0.1) is 27.9 Å². The van der Waals surface area contributed by atoms with Gasteiger partial charge >= 0.3 is 0 Å². The van der Waals surface area contributed by atoms with Gasteiger partial charge in [0, 0.05) is 61.4 Å². The molecule has 6 atom stereocenters. The smallest absolute Gasteiger partial charge is 0.269 e. The molecule has 3 N–H and O–H groups in total. The number of phenolic OH excluding ortho intramolecular Hbond substituents is 1. The third-order valence-corrected chi connectivity index (χ3v) is 14.1. The molecular formula is C46H54N4O10S. The van der Waals surface area contributed by atoms with Crippen molar-refractivity contribution >= 4 is 32.3 Å². The molecule has 1 aromatic heterocycles. The van der Waals surface area contributed by atoms with Crippen molar-refractivity contribution in [3.8, 4) is 11.5 Å². The zero-order valence-corrected chi connectivity index (χ0v) is 35.2. The number of para-hydroxylation sites is 1. The third kappa shape index (κ3) is 8.80. The van der Waals surface area contributed by atoms with Crippen LogP contribution in [0.1, 0.15) is 75.3 Å². The Kier molecular flexibility index (Phi) is 13.8. The highest BCUT2D eigenvalue weighted by Gasteiger charge is 2.66. The Bertz CT molecular complexity index is 2370. The number of phenols is 1. The highest BCUT2D eigenvalue weighted by molar-refractivity contribution is 7.89. The van der Waals surface area contributed by atoms with Crippen LogP contribution in [0.2, 0.25) is 0 Å².